The Hall–Kier alpha value is -1.62. The van der Waals surface area contributed by atoms with Crippen LogP contribution in [0, 0.1) is 5.82 Å². The molecule has 0 aliphatic carbocycles. The molecule has 0 bridgehead atoms. The van der Waals surface area contributed by atoms with Crippen LogP contribution in [-0.2, 0) is 4.79 Å². The predicted molar refractivity (Wildman–Crippen MR) is 67.0 cm³/mol. The van der Waals surface area contributed by atoms with Gasteiger partial charge in [-0.1, -0.05) is 6.07 Å². The number of halogens is 1. The van der Waals surface area contributed by atoms with Gasteiger partial charge in [0.05, 0.1) is 5.69 Å². The molecule has 1 atom stereocenters. The summed E-state index contributed by atoms with van der Waals surface area (Å²) in [6.07, 6.45) is 3.31. The zero-order chi connectivity index (χ0) is 13.1. The molecule has 0 amide bonds. The normalized spacial score (nSPS) is 17.6. The van der Waals surface area contributed by atoms with Crippen molar-refractivity contribution in [1.29, 1.82) is 0 Å². The molecule has 1 heterocycles. The van der Waals surface area contributed by atoms with Crippen LogP contribution in [0.5, 0.6) is 0 Å². The van der Waals surface area contributed by atoms with E-state index in [0.29, 0.717) is 11.3 Å². The SMILES string of the molecule is N[C@H](C(=O)O)c1ccc(N2CCCCC2)c(F)c1. The van der Waals surface area contributed by atoms with Crippen LogP contribution in [0.15, 0.2) is 18.2 Å². The molecular weight excluding hydrogens is 235 g/mol. The Balaban J connectivity index is 2.21. The van der Waals surface area contributed by atoms with Gasteiger partial charge in [0.1, 0.15) is 11.9 Å². The van der Waals surface area contributed by atoms with Crippen molar-refractivity contribution in [3.05, 3.63) is 29.6 Å². The molecular formula is C13H17FN2O2. The van der Waals surface area contributed by atoms with Gasteiger partial charge in [-0.05, 0) is 37.0 Å². The lowest BCUT2D eigenvalue weighted by atomic mass is 10.1. The molecule has 18 heavy (non-hydrogen) atoms. The lowest BCUT2D eigenvalue weighted by Gasteiger charge is -2.29. The monoisotopic (exact) mass is 252 g/mol. The maximum Gasteiger partial charge on any atom is 0.325 e. The first kappa shape index (κ1) is 12.8. The molecule has 1 aromatic rings. The number of aliphatic carboxylic acids is 1. The molecule has 5 heteroatoms. The number of carbonyl (C=O) groups is 1. The average Bonchev–Trinajstić information content (AvgIpc) is 2.38. The lowest BCUT2D eigenvalue weighted by molar-refractivity contribution is -0.138. The van der Waals surface area contributed by atoms with E-state index in [1.54, 1.807) is 12.1 Å². The Morgan fingerprint density at radius 2 is 2.00 bits per heavy atom. The summed E-state index contributed by atoms with van der Waals surface area (Å²) in [6, 6.07) is 3.27. The second-order valence-corrected chi connectivity index (χ2v) is 4.57. The number of benzene rings is 1. The Kier molecular flexibility index (Phi) is 3.81. The van der Waals surface area contributed by atoms with Crippen LogP contribution in [0.3, 0.4) is 0 Å². The van der Waals surface area contributed by atoms with Gasteiger partial charge in [-0.25, -0.2) is 4.39 Å². The molecule has 1 aliphatic rings. The summed E-state index contributed by atoms with van der Waals surface area (Å²) in [5.41, 5.74) is 6.29. The minimum atomic E-state index is -1.17. The molecule has 3 N–H and O–H groups in total. The van der Waals surface area contributed by atoms with Gasteiger partial charge in [-0.15, -0.1) is 0 Å². The Morgan fingerprint density at radius 1 is 1.33 bits per heavy atom. The third kappa shape index (κ3) is 2.61. The maximum atomic E-state index is 14.0. The van der Waals surface area contributed by atoms with Gasteiger partial charge in [-0.2, -0.15) is 0 Å². The molecule has 98 valence electrons. The predicted octanol–water partition coefficient (Wildman–Crippen LogP) is 1.90. The van der Waals surface area contributed by atoms with Gasteiger partial charge in [0, 0.05) is 13.1 Å². The standard InChI is InChI=1S/C13H17FN2O2/c14-10-8-9(12(15)13(17)18)4-5-11(10)16-6-2-1-3-7-16/h4-5,8,12H,1-3,6-7,15H2,(H,17,18)/t12-/m0/s1. The number of carboxylic acids is 1. The second kappa shape index (κ2) is 5.35. The van der Waals surface area contributed by atoms with E-state index >= 15 is 0 Å². The number of hydrogen-bond donors (Lipinski definition) is 2. The first-order valence-corrected chi connectivity index (χ1v) is 6.12. The van der Waals surface area contributed by atoms with Crippen molar-refractivity contribution in [2.24, 2.45) is 5.73 Å². The topological polar surface area (TPSA) is 66.6 Å². The van der Waals surface area contributed by atoms with Gasteiger partial charge in [0.25, 0.3) is 0 Å². The summed E-state index contributed by atoms with van der Waals surface area (Å²) in [5.74, 6) is -1.55. The van der Waals surface area contributed by atoms with Crippen molar-refractivity contribution in [3.8, 4) is 0 Å². The van der Waals surface area contributed by atoms with Gasteiger partial charge in [-0.3, -0.25) is 4.79 Å². The third-order valence-electron chi connectivity index (χ3n) is 3.29. The Morgan fingerprint density at radius 3 is 2.56 bits per heavy atom. The highest BCUT2D eigenvalue weighted by Gasteiger charge is 2.19. The molecule has 1 saturated heterocycles. The Bertz CT molecular complexity index is 445. The molecule has 0 saturated carbocycles. The molecule has 1 aliphatic heterocycles. The average molecular weight is 252 g/mol. The van der Waals surface area contributed by atoms with Crippen molar-refractivity contribution in [1.82, 2.24) is 0 Å². The molecule has 0 radical (unpaired) electrons. The largest absolute Gasteiger partial charge is 0.480 e. The third-order valence-corrected chi connectivity index (χ3v) is 3.29. The fourth-order valence-electron chi connectivity index (χ4n) is 2.25. The number of nitrogens with zero attached hydrogens (tertiary/aromatic N) is 1. The summed E-state index contributed by atoms with van der Waals surface area (Å²) in [4.78, 5) is 12.7. The second-order valence-electron chi connectivity index (χ2n) is 4.57. The van der Waals surface area contributed by atoms with Crippen LogP contribution < -0.4 is 10.6 Å². The van der Waals surface area contributed by atoms with E-state index in [1.165, 1.54) is 12.5 Å². The van der Waals surface area contributed by atoms with Gasteiger partial charge in [0.2, 0.25) is 0 Å². The summed E-state index contributed by atoms with van der Waals surface area (Å²) >= 11 is 0. The maximum absolute atomic E-state index is 14.0. The molecule has 4 nitrogen and oxygen atoms in total. The fourth-order valence-corrected chi connectivity index (χ4v) is 2.25. The van der Waals surface area contributed by atoms with Crippen LogP contribution in [-0.4, -0.2) is 24.2 Å². The van der Waals surface area contributed by atoms with E-state index in [4.69, 9.17) is 10.8 Å². The van der Waals surface area contributed by atoms with E-state index in [9.17, 15) is 9.18 Å². The van der Waals surface area contributed by atoms with Crippen molar-refractivity contribution in [2.75, 3.05) is 18.0 Å². The van der Waals surface area contributed by atoms with Crippen LogP contribution in [0.25, 0.3) is 0 Å². The number of anilines is 1. The molecule has 0 spiro atoms. The van der Waals surface area contributed by atoms with Crippen molar-refractivity contribution < 1.29 is 14.3 Å². The zero-order valence-corrected chi connectivity index (χ0v) is 10.1. The van der Waals surface area contributed by atoms with Crippen LogP contribution in [0.2, 0.25) is 0 Å². The van der Waals surface area contributed by atoms with Crippen LogP contribution in [0.4, 0.5) is 10.1 Å². The van der Waals surface area contributed by atoms with E-state index < -0.39 is 17.8 Å². The van der Waals surface area contributed by atoms with Crippen LogP contribution >= 0.6 is 0 Å². The molecule has 1 fully saturated rings. The summed E-state index contributed by atoms with van der Waals surface area (Å²) in [7, 11) is 0. The lowest BCUT2D eigenvalue weighted by Crippen LogP contribution is -2.30. The summed E-state index contributed by atoms with van der Waals surface area (Å²) in [6.45, 7) is 1.70. The minimum absolute atomic E-state index is 0.292. The fraction of sp³-hybridized carbons (Fsp3) is 0.462. The smallest absolute Gasteiger partial charge is 0.325 e. The first-order valence-electron chi connectivity index (χ1n) is 6.12. The van der Waals surface area contributed by atoms with Gasteiger partial charge in [0.15, 0.2) is 0 Å². The minimum Gasteiger partial charge on any atom is -0.480 e. The van der Waals surface area contributed by atoms with E-state index in [1.807, 2.05) is 4.90 Å². The van der Waals surface area contributed by atoms with Crippen molar-refractivity contribution in [2.45, 2.75) is 25.3 Å². The highest BCUT2D eigenvalue weighted by molar-refractivity contribution is 5.75. The van der Waals surface area contributed by atoms with Crippen LogP contribution in [0.1, 0.15) is 30.9 Å². The molecule has 1 aromatic carbocycles. The molecule has 2 rings (SSSR count). The summed E-state index contributed by atoms with van der Waals surface area (Å²) in [5, 5.41) is 8.79. The van der Waals surface area contributed by atoms with Crippen molar-refractivity contribution >= 4 is 11.7 Å². The number of rotatable bonds is 3. The van der Waals surface area contributed by atoms with E-state index in [0.717, 1.165) is 25.9 Å². The highest BCUT2D eigenvalue weighted by Crippen LogP contribution is 2.25. The number of piperidine rings is 1. The zero-order valence-electron chi connectivity index (χ0n) is 10.1. The van der Waals surface area contributed by atoms with E-state index in [2.05, 4.69) is 0 Å². The van der Waals surface area contributed by atoms with Crippen molar-refractivity contribution in [3.63, 3.8) is 0 Å². The molecule has 0 unspecified atom stereocenters. The summed E-state index contributed by atoms with van der Waals surface area (Å²) < 4.78 is 14.0. The van der Waals surface area contributed by atoms with Gasteiger partial charge >= 0.3 is 5.97 Å². The number of nitrogens with two attached hydrogens (primary N) is 1. The first-order chi connectivity index (χ1) is 8.59. The highest BCUT2D eigenvalue weighted by atomic mass is 19.1. The number of hydrogen-bond acceptors (Lipinski definition) is 3. The van der Waals surface area contributed by atoms with Gasteiger partial charge < -0.3 is 15.7 Å². The molecule has 0 aromatic heterocycles. The van der Waals surface area contributed by atoms with E-state index in [-0.39, 0.29) is 0 Å². The Labute approximate surface area is 105 Å². The quantitative estimate of drug-likeness (QED) is 0.862. The number of carboxylic acid groups (broad SMARTS) is 1.